The molecule has 110 valence electrons. The van der Waals surface area contributed by atoms with Crippen LogP contribution in [0.2, 0.25) is 0 Å². The number of likely N-dealkylation sites (tertiary alicyclic amines) is 1. The first-order chi connectivity index (χ1) is 9.74. The van der Waals surface area contributed by atoms with Gasteiger partial charge in [-0.3, -0.25) is 4.79 Å². The van der Waals surface area contributed by atoms with Crippen molar-refractivity contribution in [2.75, 3.05) is 25.0 Å². The summed E-state index contributed by atoms with van der Waals surface area (Å²) < 4.78 is 5.71. The standard InChI is InChI=1S/C16H22BrNO2/c1-2-13-3-5-14(6-4-13)16(19)18-10-7-15(8-11-18)20-12-9-17/h3-6,15H,2,7-12H2,1H3. The van der Waals surface area contributed by atoms with Crippen LogP contribution in [-0.2, 0) is 11.2 Å². The van der Waals surface area contributed by atoms with Crippen LogP contribution in [0.5, 0.6) is 0 Å². The SMILES string of the molecule is CCc1ccc(C(=O)N2CCC(OCCBr)CC2)cc1. The lowest BCUT2D eigenvalue weighted by molar-refractivity contribution is 0.0160. The number of halogens is 1. The van der Waals surface area contributed by atoms with Crippen LogP contribution < -0.4 is 0 Å². The van der Waals surface area contributed by atoms with Gasteiger partial charge in [-0.2, -0.15) is 0 Å². The largest absolute Gasteiger partial charge is 0.377 e. The van der Waals surface area contributed by atoms with Gasteiger partial charge >= 0.3 is 0 Å². The maximum Gasteiger partial charge on any atom is 0.253 e. The Hall–Kier alpha value is -0.870. The van der Waals surface area contributed by atoms with Crippen molar-refractivity contribution >= 4 is 21.8 Å². The lowest BCUT2D eigenvalue weighted by Crippen LogP contribution is -2.41. The third kappa shape index (κ3) is 4.06. The number of aryl methyl sites for hydroxylation is 1. The molecule has 0 unspecified atom stereocenters. The first-order valence-corrected chi connectivity index (χ1v) is 8.42. The van der Waals surface area contributed by atoms with Crippen LogP contribution in [0.3, 0.4) is 0 Å². The molecule has 0 aromatic heterocycles. The van der Waals surface area contributed by atoms with Crippen LogP contribution in [0.25, 0.3) is 0 Å². The van der Waals surface area contributed by atoms with E-state index in [1.807, 2.05) is 29.2 Å². The molecule has 0 saturated carbocycles. The lowest BCUT2D eigenvalue weighted by atomic mass is 10.0. The molecule has 1 aliphatic rings. The van der Waals surface area contributed by atoms with E-state index in [-0.39, 0.29) is 5.91 Å². The van der Waals surface area contributed by atoms with Gasteiger partial charge in [0.2, 0.25) is 0 Å². The van der Waals surface area contributed by atoms with Gasteiger partial charge in [0.05, 0.1) is 12.7 Å². The first kappa shape index (κ1) is 15.5. The monoisotopic (exact) mass is 339 g/mol. The number of carbonyl (C=O) groups is 1. The van der Waals surface area contributed by atoms with E-state index in [0.29, 0.717) is 6.10 Å². The van der Waals surface area contributed by atoms with E-state index in [1.54, 1.807) is 0 Å². The Labute approximate surface area is 129 Å². The number of hydrogen-bond acceptors (Lipinski definition) is 2. The van der Waals surface area contributed by atoms with Gasteiger partial charge in [-0.1, -0.05) is 35.0 Å². The maximum absolute atomic E-state index is 12.4. The molecule has 4 heteroatoms. The van der Waals surface area contributed by atoms with Crippen molar-refractivity contribution in [3.05, 3.63) is 35.4 Å². The van der Waals surface area contributed by atoms with E-state index >= 15 is 0 Å². The zero-order valence-electron chi connectivity index (χ0n) is 12.0. The summed E-state index contributed by atoms with van der Waals surface area (Å²) in [6.07, 6.45) is 3.18. The summed E-state index contributed by atoms with van der Waals surface area (Å²) in [6, 6.07) is 7.96. The molecule has 0 aliphatic carbocycles. The number of nitrogens with zero attached hydrogens (tertiary/aromatic N) is 1. The fourth-order valence-electron chi connectivity index (χ4n) is 2.50. The summed E-state index contributed by atoms with van der Waals surface area (Å²) in [7, 11) is 0. The molecule has 1 saturated heterocycles. The van der Waals surface area contributed by atoms with E-state index < -0.39 is 0 Å². The van der Waals surface area contributed by atoms with E-state index in [1.165, 1.54) is 5.56 Å². The minimum atomic E-state index is 0.145. The minimum Gasteiger partial charge on any atom is -0.377 e. The number of amides is 1. The summed E-state index contributed by atoms with van der Waals surface area (Å²) in [5.41, 5.74) is 2.06. The molecule has 1 aromatic carbocycles. The predicted octanol–water partition coefficient (Wildman–Crippen LogP) is 3.27. The second-order valence-electron chi connectivity index (χ2n) is 5.10. The van der Waals surface area contributed by atoms with Crippen LogP contribution in [0, 0.1) is 0 Å². The molecule has 0 spiro atoms. The van der Waals surface area contributed by atoms with Crippen molar-refractivity contribution in [3.63, 3.8) is 0 Å². The van der Waals surface area contributed by atoms with Gasteiger partial charge in [-0.25, -0.2) is 0 Å². The van der Waals surface area contributed by atoms with Crippen molar-refractivity contribution < 1.29 is 9.53 Å². The Morgan fingerprint density at radius 2 is 1.95 bits per heavy atom. The molecule has 0 atom stereocenters. The van der Waals surface area contributed by atoms with Crippen molar-refractivity contribution in [3.8, 4) is 0 Å². The molecule has 0 N–H and O–H groups in total. The van der Waals surface area contributed by atoms with E-state index in [4.69, 9.17) is 4.74 Å². The Morgan fingerprint density at radius 1 is 1.30 bits per heavy atom. The maximum atomic E-state index is 12.4. The third-order valence-corrected chi connectivity index (χ3v) is 4.09. The Kier molecular flexibility index (Phi) is 6.05. The van der Waals surface area contributed by atoms with Crippen molar-refractivity contribution in [1.82, 2.24) is 4.90 Å². The molecule has 1 aromatic rings. The molecule has 0 radical (unpaired) electrons. The number of benzene rings is 1. The average Bonchev–Trinajstić information content (AvgIpc) is 2.53. The van der Waals surface area contributed by atoms with E-state index in [2.05, 4.69) is 22.9 Å². The summed E-state index contributed by atoms with van der Waals surface area (Å²) in [6.45, 7) is 4.45. The van der Waals surface area contributed by atoms with Gasteiger partial charge in [0, 0.05) is 24.0 Å². The van der Waals surface area contributed by atoms with E-state index in [9.17, 15) is 4.79 Å². The Bertz CT molecular complexity index is 425. The second kappa shape index (κ2) is 7.79. The topological polar surface area (TPSA) is 29.5 Å². The number of carbonyl (C=O) groups excluding carboxylic acids is 1. The molecule has 20 heavy (non-hydrogen) atoms. The van der Waals surface area contributed by atoms with Crippen LogP contribution in [0.1, 0.15) is 35.7 Å². The molecule has 1 aliphatic heterocycles. The summed E-state index contributed by atoms with van der Waals surface area (Å²) in [4.78, 5) is 14.3. The fraction of sp³-hybridized carbons (Fsp3) is 0.562. The van der Waals surface area contributed by atoms with Gasteiger partial charge in [0.25, 0.3) is 5.91 Å². The molecular weight excluding hydrogens is 318 g/mol. The van der Waals surface area contributed by atoms with Crippen molar-refractivity contribution in [2.45, 2.75) is 32.3 Å². The molecule has 1 fully saturated rings. The quantitative estimate of drug-likeness (QED) is 0.770. The van der Waals surface area contributed by atoms with Crippen molar-refractivity contribution in [2.24, 2.45) is 0 Å². The normalized spacial score (nSPS) is 16.4. The van der Waals surface area contributed by atoms with Crippen LogP contribution in [0.4, 0.5) is 0 Å². The Balaban J connectivity index is 1.87. The highest BCUT2D eigenvalue weighted by atomic mass is 79.9. The van der Waals surface area contributed by atoms with Gasteiger partial charge < -0.3 is 9.64 Å². The molecule has 3 nitrogen and oxygen atoms in total. The highest BCUT2D eigenvalue weighted by molar-refractivity contribution is 9.09. The minimum absolute atomic E-state index is 0.145. The van der Waals surface area contributed by atoms with Crippen LogP contribution in [-0.4, -0.2) is 41.9 Å². The van der Waals surface area contributed by atoms with Gasteiger partial charge in [0.15, 0.2) is 0 Å². The van der Waals surface area contributed by atoms with E-state index in [0.717, 1.165) is 49.9 Å². The lowest BCUT2D eigenvalue weighted by Gasteiger charge is -2.32. The number of ether oxygens (including phenoxy) is 1. The summed E-state index contributed by atoms with van der Waals surface area (Å²) in [5, 5.41) is 0.871. The van der Waals surface area contributed by atoms with Crippen LogP contribution >= 0.6 is 15.9 Å². The summed E-state index contributed by atoms with van der Waals surface area (Å²) in [5.74, 6) is 0.145. The fourth-order valence-corrected chi connectivity index (χ4v) is 2.69. The smallest absolute Gasteiger partial charge is 0.253 e. The Morgan fingerprint density at radius 3 is 2.50 bits per heavy atom. The summed E-state index contributed by atoms with van der Waals surface area (Å²) >= 11 is 3.36. The van der Waals surface area contributed by atoms with Crippen molar-refractivity contribution in [1.29, 1.82) is 0 Å². The average molecular weight is 340 g/mol. The molecular formula is C16H22BrNO2. The van der Waals surface area contributed by atoms with Gasteiger partial charge in [-0.05, 0) is 37.0 Å². The van der Waals surface area contributed by atoms with Gasteiger partial charge in [-0.15, -0.1) is 0 Å². The number of rotatable bonds is 5. The molecule has 2 rings (SSSR count). The zero-order valence-corrected chi connectivity index (χ0v) is 13.6. The highest BCUT2D eigenvalue weighted by Crippen LogP contribution is 2.17. The third-order valence-electron chi connectivity index (χ3n) is 3.77. The van der Waals surface area contributed by atoms with Crippen LogP contribution in [0.15, 0.2) is 24.3 Å². The molecule has 1 heterocycles. The molecule has 0 bridgehead atoms. The second-order valence-corrected chi connectivity index (χ2v) is 5.89. The first-order valence-electron chi connectivity index (χ1n) is 7.30. The van der Waals surface area contributed by atoms with Gasteiger partial charge in [0.1, 0.15) is 0 Å². The number of alkyl halides is 1. The highest BCUT2D eigenvalue weighted by Gasteiger charge is 2.23. The zero-order chi connectivity index (χ0) is 14.4. The predicted molar refractivity (Wildman–Crippen MR) is 84.5 cm³/mol. The molecule has 1 amide bonds. The number of piperidine rings is 1. The number of hydrogen-bond donors (Lipinski definition) is 0.